The molecule has 274 valence electrons. The molecule has 1 saturated heterocycles. The van der Waals surface area contributed by atoms with Crippen molar-refractivity contribution in [3.05, 3.63) is 82.3 Å². The van der Waals surface area contributed by atoms with E-state index in [0.29, 0.717) is 12.1 Å². The number of halogens is 3. The molecule has 1 N–H and O–H groups in total. The molecule has 0 aliphatic carbocycles. The molecule has 0 aromatic heterocycles. The fourth-order valence-corrected chi connectivity index (χ4v) is 6.39. The number of nitrogens with zero attached hydrogens (tertiary/aromatic N) is 3. The van der Waals surface area contributed by atoms with Gasteiger partial charge in [-0.15, -0.1) is 0 Å². The molecule has 3 aromatic rings. The predicted molar refractivity (Wildman–Crippen MR) is 203 cm³/mol. The van der Waals surface area contributed by atoms with Crippen molar-refractivity contribution in [1.82, 2.24) is 5.43 Å². The highest BCUT2D eigenvalue weighted by molar-refractivity contribution is 6.38. The number of nitrogens with one attached hydrogen (secondary N) is 1. The number of amidine groups is 1. The molecular formula is C38H45Cl3N4O6. The smallest absolute Gasteiger partial charge is 0.494 e. The summed E-state index contributed by atoms with van der Waals surface area (Å²) in [7, 11) is 1.40. The molecule has 13 heteroatoms. The maximum atomic E-state index is 13.8. The summed E-state index contributed by atoms with van der Waals surface area (Å²) in [6.45, 7) is 2.15. The molecule has 3 aromatic carbocycles. The predicted octanol–water partition coefficient (Wildman–Crippen LogP) is 10.5. The molecule has 1 heterocycles. The first-order valence-electron chi connectivity index (χ1n) is 17.4. The maximum Gasteiger partial charge on any atom is 0.509 e. The number of benzene rings is 3. The van der Waals surface area contributed by atoms with Crippen molar-refractivity contribution < 1.29 is 28.6 Å². The first-order chi connectivity index (χ1) is 24.7. The monoisotopic (exact) mass is 758 g/mol. The lowest BCUT2D eigenvalue weighted by atomic mass is 10.1. The van der Waals surface area contributed by atoms with E-state index in [2.05, 4.69) is 17.3 Å². The van der Waals surface area contributed by atoms with E-state index in [-0.39, 0.29) is 51.9 Å². The number of amides is 2. The van der Waals surface area contributed by atoms with Crippen LogP contribution >= 0.6 is 35.0 Å². The summed E-state index contributed by atoms with van der Waals surface area (Å²) in [4.78, 5) is 44.5. The number of carbonyl (C=O) groups is 3. The number of methoxy groups -OCH3 is 1. The first kappa shape index (κ1) is 39.8. The Morgan fingerprint density at radius 3 is 2.18 bits per heavy atom. The Hall–Kier alpha value is -3.99. The third-order valence-corrected chi connectivity index (χ3v) is 9.19. The van der Waals surface area contributed by atoms with Crippen LogP contribution < -0.4 is 19.6 Å². The van der Waals surface area contributed by atoms with Crippen LogP contribution in [-0.2, 0) is 25.7 Å². The van der Waals surface area contributed by atoms with Crippen molar-refractivity contribution in [2.75, 3.05) is 16.5 Å². The zero-order chi connectivity index (χ0) is 36.6. The second kappa shape index (κ2) is 20.8. The lowest BCUT2D eigenvalue weighted by molar-refractivity contribution is -0.124. The maximum absolute atomic E-state index is 13.8. The van der Waals surface area contributed by atoms with E-state index < -0.39 is 18.2 Å². The number of carbonyl (C=O) groups excluding carboxylic acids is 3. The van der Waals surface area contributed by atoms with E-state index in [9.17, 15) is 14.4 Å². The molecule has 0 bridgehead atoms. The van der Waals surface area contributed by atoms with Crippen LogP contribution in [0, 0.1) is 0 Å². The molecule has 1 fully saturated rings. The summed E-state index contributed by atoms with van der Waals surface area (Å²) in [6, 6.07) is 18.6. The highest BCUT2D eigenvalue weighted by Gasteiger charge is 2.44. The van der Waals surface area contributed by atoms with Crippen LogP contribution in [0.25, 0.3) is 0 Å². The fourth-order valence-electron chi connectivity index (χ4n) is 5.61. The average Bonchev–Trinajstić information content (AvgIpc) is 3.42. The summed E-state index contributed by atoms with van der Waals surface area (Å²) in [5, 5.41) is 1.43. The molecule has 2 amide bonds. The van der Waals surface area contributed by atoms with Crippen LogP contribution in [0.3, 0.4) is 0 Å². The van der Waals surface area contributed by atoms with Crippen LogP contribution in [-0.4, -0.2) is 37.0 Å². The van der Waals surface area contributed by atoms with Gasteiger partial charge in [-0.1, -0.05) is 137 Å². The van der Waals surface area contributed by atoms with Crippen molar-refractivity contribution in [2.45, 2.75) is 96.7 Å². The summed E-state index contributed by atoms with van der Waals surface area (Å²) in [6.07, 6.45) is 10.5. The van der Waals surface area contributed by atoms with Gasteiger partial charge in [-0.25, -0.2) is 19.2 Å². The van der Waals surface area contributed by atoms with Crippen LogP contribution in [0.2, 0.25) is 10.0 Å². The largest absolute Gasteiger partial charge is 0.509 e. The van der Waals surface area contributed by atoms with Crippen molar-refractivity contribution >= 4 is 75.8 Å². The van der Waals surface area contributed by atoms with E-state index in [1.165, 1.54) is 64.2 Å². The van der Waals surface area contributed by atoms with Gasteiger partial charge in [-0.2, -0.15) is 0 Å². The van der Waals surface area contributed by atoms with Gasteiger partial charge in [0.15, 0.2) is 5.84 Å². The standard InChI is InChI=1S/C38H45Cl3N4O6/c1-3-4-5-6-7-8-9-10-11-12-16-23-33(46)44(41)31-22-18-17-21-30(31)42-36-35(51-38(48)50-26-27-19-14-13-15-20-27)37(47)45(43-36)34-29(40)24-28(39)25-32(34)49-2/h13-15,17-22,24-25,35H,3-12,16,23,26H2,1-2H3,(H,42,43). The van der Waals surface area contributed by atoms with E-state index in [1.807, 2.05) is 6.07 Å². The summed E-state index contributed by atoms with van der Waals surface area (Å²) < 4.78 is 17.3. The summed E-state index contributed by atoms with van der Waals surface area (Å²) in [5.74, 6) is -0.923. The van der Waals surface area contributed by atoms with E-state index in [0.717, 1.165) is 34.3 Å². The Labute approximate surface area is 315 Å². The Kier molecular flexibility index (Phi) is 16.2. The SMILES string of the molecule is CCCCCCCCCCCCCC(=O)N(Cl)c1ccccc1N=C1NN(c2c(Cl)cc(Cl)cc2OC)C(=O)C1OC(=O)OCc1ccccc1. The lowest BCUT2D eigenvalue weighted by Gasteiger charge is -2.20. The van der Waals surface area contributed by atoms with Crippen molar-refractivity contribution in [3.63, 3.8) is 0 Å². The van der Waals surface area contributed by atoms with E-state index in [4.69, 9.17) is 49.2 Å². The van der Waals surface area contributed by atoms with Crippen LogP contribution in [0.15, 0.2) is 71.7 Å². The minimum atomic E-state index is -1.58. The number of anilines is 2. The third kappa shape index (κ3) is 11.8. The van der Waals surface area contributed by atoms with Gasteiger partial charge >= 0.3 is 6.16 Å². The third-order valence-electron chi connectivity index (χ3n) is 8.32. The molecule has 0 radical (unpaired) electrons. The second-order valence-electron chi connectivity index (χ2n) is 12.2. The number of unbranched alkanes of at least 4 members (excludes halogenated alkanes) is 10. The number of hydrogen-bond donors (Lipinski definition) is 1. The lowest BCUT2D eigenvalue weighted by Crippen LogP contribution is -2.36. The first-order valence-corrected chi connectivity index (χ1v) is 18.5. The molecule has 51 heavy (non-hydrogen) atoms. The molecule has 0 spiro atoms. The molecule has 0 saturated carbocycles. The minimum absolute atomic E-state index is 0.0771. The molecule has 1 aliphatic rings. The zero-order valence-corrected chi connectivity index (χ0v) is 31.3. The quantitative estimate of drug-likeness (QED) is 0.0736. The van der Waals surface area contributed by atoms with Crippen LogP contribution in [0.4, 0.5) is 21.9 Å². The Bertz CT molecular complexity index is 1640. The van der Waals surface area contributed by atoms with Crippen molar-refractivity contribution in [2.24, 2.45) is 4.99 Å². The second-order valence-corrected chi connectivity index (χ2v) is 13.4. The number of para-hydroxylation sites is 2. The Morgan fingerprint density at radius 1 is 0.882 bits per heavy atom. The highest BCUT2D eigenvalue weighted by atomic mass is 35.5. The topological polar surface area (TPSA) is 110 Å². The zero-order valence-electron chi connectivity index (χ0n) is 29.0. The molecule has 10 nitrogen and oxygen atoms in total. The highest BCUT2D eigenvalue weighted by Crippen LogP contribution is 2.40. The van der Waals surface area contributed by atoms with Gasteiger partial charge in [0.2, 0.25) is 12.0 Å². The van der Waals surface area contributed by atoms with E-state index in [1.54, 1.807) is 48.5 Å². The number of aliphatic imine (C=N–C) groups is 1. The van der Waals surface area contributed by atoms with Gasteiger partial charge in [0.05, 0.1) is 23.5 Å². The van der Waals surface area contributed by atoms with Crippen LogP contribution in [0.5, 0.6) is 5.75 Å². The van der Waals surface area contributed by atoms with Gasteiger partial charge in [0.1, 0.15) is 18.0 Å². The summed E-state index contributed by atoms with van der Waals surface area (Å²) >= 11 is 19.3. The van der Waals surface area contributed by atoms with Crippen molar-refractivity contribution in [1.29, 1.82) is 0 Å². The van der Waals surface area contributed by atoms with Gasteiger partial charge in [0.25, 0.3) is 5.91 Å². The van der Waals surface area contributed by atoms with Crippen molar-refractivity contribution in [3.8, 4) is 5.75 Å². The fraction of sp³-hybridized carbons (Fsp3) is 0.421. The van der Waals surface area contributed by atoms with Crippen LogP contribution in [0.1, 0.15) is 89.5 Å². The number of rotatable bonds is 19. The molecule has 4 rings (SSSR count). The molecule has 1 aliphatic heterocycles. The molecular weight excluding hydrogens is 715 g/mol. The number of hydrazine groups is 1. The van der Waals surface area contributed by atoms with Gasteiger partial charge in [-0.3, -0.25) is 15.0 Å². The normalized spacial score (nSPS) is 14.8. The van der Waals surface area contributed by atoms with Gasteiger partial charge < -0.3 is 14.2 Å². The number of ether oxygens (including phenoxy) is 3. The van der Waals surface area contributed by atoms with Gasteiger partial charge in [0, 0.05) is 29.3 Å². The Morgan fingerprint density at radius 2 is 1.51 bits per heavy atom. The van der Waals surface area contributed by atoms with Gasteiger partial charge in [-0.05, 0) is 30.2 Å². The van der Waals surface area contributed by atoms with E-state index >= 15 is 0 Å². The summed E-state index contributed by atoms with van der Waals surface area (Å²) in [5.41, 5.74) is 4.28. The minimum Gasteiger partial charge on any atom is -0.494 e. The Balaban J connectivity index is 1.47. The molecule has 1 atom stereocenters. The number of hydrogen-bond acceptors (Lipinski definition) is 7. The average molecular weight is 760 g/mol. The molecule has 1 unspecified atom stereocenters.